The van der Waals surface area contributed by atoms with Gasteiger partial charge in [-0.1, -0.05) is 0 Å². The molecule has 0 amide bonds. The Kier molecular flexibility index (Phi) is 7.29. The fourth-order valence-corrected chi connectivity index (χ4v) is 44.6. The van der Waals surface area contributed by atoms with Gasteiger partial charge in [0.05, 0.1) is 0 Å². The molecule has 7 rings (SSSR count). The van der Waals surface area contributed by atoms with Crippen LogP contribution in [0.2, 0.25) is 19.4 Å². The van der Waals surface area contributed by atoms with Crippen molar-refractivity contribution in [3.8, 4) is 22.3 Å². The Morgan fingerprint density at radius 1 is 0.500 bits per heavy atom. The van der Waals surface area contributed by atoms with E-state index >= 15 is 0 Å². The number of fused-ring (bicyclic) bond motifs is 6. The molecule has 236 valence electrons. The van der Waals surface area contributed by atoms with E-state index in [9.17, 15) is 0 Å². The van der Waals surface area contributed by atoms with Crippen LogP contribution in [0, 0.1) is 27.7 Å². The predicted molar refractivity (Wildman–Crippen MR) is 201 cm³/mol. The standard InChI is InChI=1S/C42H46Si.2CH3.Hf/c1-27-15-11-19-35(29(27)3)37-21-13-17-31-23-33(25-39(31)37)43(41(5,6)7,42(8,9)10)34-24-32-18-14-22-38(40(32)26-34)36-20-12-16-28(2)30(36)4;;;/h11-26H,1-10H3;2*1H3;. The van der Waals surface area contributed by atoms with Gasteiger partial charge < -0.3 is 0 Å². The first-order valence-electron chi connectivity index (χ1n) is 17.4. The first kappa shape index (κ1) is 32.0. The van der Waals surface area contributed by atoms with Gasteiger partial charge in [0.15, 0.2) is 0 Å². The van der Waals surface area contributed by atoms with E-state index in [1.807, 2.05) is 10.4 Å². The summed E-state index contributed by atoms with van der Waals surface area (Å²) in [5.74, 6) is 0. The van der Waals surface area contributed by atoms with Crippen molar-refractivity contribution in [3.63, 3.8) is 0 Å². The fourth-order valence-electron chi connectivity index (χ4n) is 10.8. The molecule has 1 heterocycles. The zero-order chi connectivity index (χ0) is 33.1. The molecule has 0 bridgehead atoms. The van der Waals surface area contributed by atoms with Crippen molar-refractivity contribution < 1.29 is 20.0 Å². The number of aryl methyl sites for hydroxylation is 2. The Bertz CT molecular complexity index is 1840. The van der Waals surface area contributed by atoms with Crippen molar-refractivity contribution in [1.82, 2.24) is 0 Å². The second-order valence-corrected chi connectivity index (χ2v) is 40.1. The van der Waals surface area contributed by atoms with Crippen molar-refractivity contribution in [3.05, 3.63) is 128 Å². The van der Waals surface area contributed by atoms with Gasteiger partial charge in [0.1, 0.15) is 0 Å². The second kappa shape index (κ2) is 10.5. The van der Waals surface area contributed by atoms with E-state index < -0.39 is 28.0 Å². The number of hydrogen-bond acceptors (Lipinski definition) is 0. The molecule has 2 aliphatic carbocycles. The van der Waals surface area contributed by atoms with E-state index in [0.29, 0.717) is 7.35 Å². The molecule has 2 atom stereocenters. The molecule has 0 spiro atoms. The number of benzene rings is 4. The van der Waals surface area contributed by atoms with E-state index in [0.717, 1.165) is 0 Å². The van der Waals surface area contributed by atoms with Crippen molar-refractivity contribution in [2.75, 3.05) is 0 Å². The van der Waals surface area contributed by atoms with E-state index in [-0.39, 0.29) is 10.1 Å². The summed E-state index contributed by atoms with van der Waals surface area (Å²) < 4.78 is 6.84. The van der Waals surface area contributed by atoms with Gasteiger partial charge in [0, 0.05) is 0 Å². The van der Waals surface area contributed by atoms with Crippen molar-refractivity contribution in [1.29, 1.82) is 0 Å². The van der Waals surface area contributed by atoms with Crippen molar-refractivity contribution in [2.24, 2.45) is 0 Å². The maximum absolute atomic E-state index is 3.21. The molecule has 0 saturated carbocycles. The van der Waals surface area contributed by atoms with Crippen LogP contribution in [0.3, 0.4) is 0 Å². The summed E-state index contributed by atoms with van der Waals surface area (Å²) in [4.78, 5) is 0. The van der Waals surface area contributed by atoms with E-state index in [1.54, 1.807) is 11.1 Å². The van der Waals surface area contributed by atoms with E-state index in [1.165, 1.54) is 55.6 Å². The summed E-state index contributed by atoms with van der Waals surface area (Å²) in [6.45, 7) is 24.7. The van der Waals surface area contributed by atoms with Crippen LogP contribution in [0.4, 0.5) is 0 Å². The van der Waals surface area contributed by atoms with Gasteiger partial charge in [-0.05, 0) is 0 Å². The average Bonchev–Trinajstić information content (AvgIpc) is 3.55. The van der Waals surface area contributed by atoms with Crippen LogP contribution in [0.15, 0.2) is 83.2 Å². The summed E-state index contributed by atoms with van der Waals surface area (Å²) in [6, 6.07) is 28.3. The number of rotatable bonds is 2. The topological polar surface area (TPSA) is 0 Å². The summed E-state index contributed by atoms with van der Waals surface area (Å²) in [5, 5.41) is 4.03. The molecule has 2 heteroatoms. The molecular weight excluding hydrogens is 735 g/mol. The Morgan fingerprint density at radius 2 is 0.848 bits per heavy atom. The molecule has 1 aliphatic heterocycles. The normalized spacial score (nSPS) is 20.8. The van der Waals surface area contributed by atoms with Gasteiger partial charge in [-0.2, -0.15) is 0 Å². The molecule has 4 aromatic rings. The SMILES string of the molecule is Cc1cccc(-c2cccc3c2C=C2[CH]3[Hf]([CH3])([CH3])[CH]3C(=Cc4c(-c5cccc(C)c5C)cccc43)[Si]2(C(C)(C)C)C(C)(C)C)c1C. The number of allylic oxidation sites excluding steroid dienone is 2. The third-order valence-corrected chi connectivity index (χ3v) is 36.9. The predicted octanol–water partition coefficient (Wildman–Crippen LogP) is 13.2. The van der Waals surface area contributed by atoms with Gasteiger partial charge in [-0.25, -0.2) is 0 Å². The maximum atomic E-state index is 2.81. The number of hydrogen-bond donors (Lipinski definition) is 0. The quantitative estimate of drug-likeness (QED) is 0.178. The van der Waals surface area contributed by atoms with Crippen LogP contribution in [0.5, 0.6) is 0 Å². The van der Waals surface area contributed by atoms with Crippen LogP contribution in [-0.4, -0.2) is 8.07 Å². The summed E-state index contributed by atoms with van der Waals surface area (Å²) in [5.41, 5.74) is 17.6. The summed E-state index contributed by atoms with van der Waals surface area (Å²) in [6.07, 6.45) is 5.57. The first-order chi connectivity index (χ1) is 21.5. The molecule has 3 aliphatic rings. The van der Waals surface area contributed by atoms with Gasteiger partial charge in [-0.3, -0.25) is 0 Å². The van der Waals surface area contributed by atoms with Crippen LogP contribution >= 0.6 is 0 Å². The Labute approximate surface area is 284 Å². The Hall–Kier alpha value is -2.55. The zero-order valence-corrected chi connectivity index (χ0v) is 34.8. The molecule has 0 nitrogen and oxygen atoms in total. The molecule has 4 aromatic carbocycles. The second-order valence-electron chi connectivity index (χ2n) is 17.2. The first-order valence-corrected chi connectivity index (χ1v) is 30.7. The van der Waals surface area contributed by atoms with Gasteiger partial charge in [0.2, 0.25) is 0 Å². The van der Waals surface area contributed by atoms with Crippen molar-refractivity contribution in [2.45, 2.75) is 96.0 Å². The van der Waals surface area contributed by atoms with Crippen LogP contribution < -0.4 is 0 Å². The monoisotopic (exact) mass is 788 g/mol. The third-order valence-electron chi connectivity index (χ3n) is 12.5. The molecule has 1 saturated heterocycles. The molecule has 46 heavy (non-hydrogen) atoms. The molecule has 1 fully saturated rings. The van der Waals surface area contributed by atoms with Gasteiger partial charge >= 0.3 is 286 Å². The van der Waals surface area contributed by atoms with E-state index in [4.69, 9.17) is 0 Å². The molecule has 0 aromatic heterocycles. The van der Waals surface area contributed by atoms with Crippen LogP contribution in [0.1, 0.15) is 93.4 Å². The molecule has 2 unspecified atom stereocenters. The van der Waals surface area contributed by atoms with Crippen molar-refractivity contribution >= 4 is 20.2 Å². The summed E-state index contributed by atoms with van der Waals surface area (Å²) in [7, 11) is -2.35. The Balaban J connectivity index is 1.57. The third kappa shape index (κ3) is 4.17. The van der Waals surface area contributed by atoms with Gasteiger partial charge in [-0.15, -0.1) is 0 Å². The minimum atomic E-state index is -3.21. The molecular formula is C44H52HfSi. The average molecular weight is 787 g/mol. The zero-order valence-electron chi connectivity index (χ0n) is 30.2. The Morgan fingerprint density at radius 3 is 1.22 bits per heavy atom. The molecule has 0 radical (unpaired) electrons. The van der Waals surface area contributed by atoms with Crippen LogP contribution in [-0.2, 0) is 20.0 Å². The fraction of sp³-hybridized carbons (Fsp3) is 0.364. The van der Waals surface area contributed by atoms with E-state index in [2.05, 4.69) is 164 Å². The van der Waals surface area contributed by atoms with Gasteiger partial charge in [0.25, 0.3) is 0 Å². The van der Waals surface area contributed by atoms with Crippen LogP contribution in [0.25, 0.3) is 34.4 Å². The minimum absolute atomic E-state index is 0.159. The summed E-state index contributed by atoms with van der Waals surface area (Å²) >= 11 is -3.21. The molecule has 0 N–H and O–H groups in total.